The van der Waals surface area contributed by atoms with Gasteiger partial charge in [-0.25, -0.2) is 0 Å². The van der Waals surface area contributed by atoms with E-state index in [9.17, 15) is 8.42 Å². The first-order chi connectivity index (χ1) is 13.5. The number of benzene rings is 3. The van der Waals surface area contributed by atoms with Crippen LogP contribution in [0.5, 0.6) is 5.75 Å². The van der Waals surface area contributed by atoms with Crippen LogP contribution < -0.4 is 4.74 Å². The zero-order valence-corrected chi connectivity index (χ0v) is 16.9. The molecule has 0 aliphatic rings. The molecule has 0 radical (unpaired) electrons. The second-order valence-corrected chi connectivity index (χ2v) is 8.42. The zero-order valence-electron chi connectivity index (χ0n) is 16.0. The predicted octanol–water partition coefficient (Wildman–Crippen LogP) is 4.80. The lowest BCUT2D eigenvalue weighted by Crippen LogP contribution is -2.08. The molecule has 1 atom stereocenters. The van der Waals surface area contributed by atoms with E-state index in [1.807, 2.05) is 37.3 Å². The predicted molar refractivity (Wildman–Crippen MR) is 110 cm³/mol. The van der Waals surface area contributed by atoms with Gasteiger partial charge in [-0.05, 0) is 47.4 Å². The van der Waals surface area contributed by atoms with Gasteiger partial charge in [0.25, 0.3) is 10.1 Å². The molecule has 3 rings (SSSR count). The van der Waals surface area contributed by atoms with E-state index in [1.54, 1.807) is 24.3 Å². The quantitative estimate of drug-likeness (QED) is 0.514. The molecule has 0 saturated heterocycles. The van der Waals surface area contributed by atoms with Crippen LogP contribution in [0.4, 0.5) is 0 Å². The third-order valence-corrected chi connectivity index (χ3v) is 5.90. The molecule has 5 heteroatoms. The van der Waals surface area contributed by atoms with Gasteiger partial charge in [0.1, 0.15) is 5.75 Å². The van der Waals surface area contributed by atoms with E-state index in [0.717, 1.165) is 24.8 Å². The van der Waals surface area contributed by atoms with Crippen LogP contribution in [-0.4, -0.2) is 22.1 Å². The third-order valence-electron chi connectivity index (χ3n) is 4.61. The van der Waals surface area contributed by atoms with Gasteiger partial charge in [0, 0.05) is 5.92 Å². The lowest BCUT2D eigenvalue weighted by Gasteiger charge is -2.15. The van der Waals surface area contributed by atoms with E-state index in [0.29, 0.717) is 6.61 Å². The first-order valence-electron chi connectivity index (χ1n) is 9.14. The van der Waals surface area contributed by atoms with Crippen LogP contribution >= 0.6 is 0 Å². The minimum atomic E-state index is -3.66. The maximum atomic E-state index is 11.7. The van der Waals surface area contributed by atoms with E-state index in [1.165, 1.54) is 11.1 Å². The minimum Gasteiger partial charge on any atom is -0.493 e. The van der Waals surface area contributed by atoms with Crippen molar-refractivity contribution in [3.63, 3.8) is 0 Å². The fraction of sp³-hybridized carbons (Fsp3) is 0.217. The summed E-state index contributed by atoms with van der Waals surface area (Å²) in [5.41, 5.74) is 3.47. The van der Waals surface area contributed by atoms with E-state index in [4.69, 9.17) is 4.74 Å². The van der Waals surface area contributed by atoms with Gasteiger partial charge in [0.15, 0.2) is 0 Å². The average molecular weight is 397 g/mol. The SMILES string of the molecule is COS(=O)(=O)c1ccc([C@H](C)COc2cccc(Cc3ccccc3)c2)cc1. The highest BCUT2D eigenvalue weighted by Gasteiger charge is 2.14. The van der Waals surface area contributed by atoms with Crippen LogP contribution in [0, 0.1) is 0 Å². The average Bonchev–Trinajstić information content (AvgIpc) is 2.73. The highest BCUT2D eigenvalue weighted by atomic mass is 32.2. The second kappa shape index (κ2) is 9.04. The van der Waals surface area contributed by atoms with Crippen molar-refractivity contribution < 1.29 is 17.3 Å². The summed E-state index contributed by atoms with van der Waals surface area (Å²) in [6.07, 6.45) is 0.864. The number of hydrogen-bond donors (Lipinski definition) is 0. The molecular formula is C23H24O4S. The molecule has 0 unspecified atom stereocenters. The third kappa shape index (κ3) is 5.21. The van der Waals surface area contributed by atoms with Gasteiger partial charge < -0.3 is 4.74 Å². The zero-order chi connectivity index (χ0) is 20.0. The molecule has 146 valence electrons. The van der Waals surface area contributed by atoms with E-state index < -0.39 is 10.1 Å². The molecule has 3 aromatic carbocycles. The van der Waals surface area contributed by atoms with Gasteiger partial charge >= 0.3 is 0 Å². The summed E-state index contributed by atoms with van der Waals surface area (Å²) in [6, 6.07) is 25.2. The maximum absolute atomic E-state index is 11.7. The lowest BCUT2D eigenvalue weighted by atomic mass is 10.0. The fourth-order valence-electron chi connectivity index (χ4n) is 2.95. The van der Waals surface area contributed by atoms with Gasteiger partial charge in [-0.1, -0.05) is 61.5 Å². The molecular weight excluding hydrogens is 372 g/mol. The van der Waals surface area contributed by atoms with Crippen LogP contribution in [0.15, 0.2) is 83.8 Å². The van der Waals surface area contributed by atoms with E-state index in [2.05, 4.69) is 28.4 Å². The Hall–Kier alpha value is -2.63. The standard InChI is InChI=1S/C23H24O4S/c1-18(21-11-13-23(14-12-21)28(24,25)26-2)17-27-22-10-6-9-20(16-22)15-19-7-4-3-5-8-19/h3-14,16,18H,15,17H2,1-2H3/t18-/m1/s1. The van der Waals surface area contributed by atoms with Crippen LogP contribution in [0.25, 0.3) is 0 Å². The molecule has 0 heterocycles. The summed E-state index contributed by atoms with van der Waals surface area (Å²) in [5.74, 6) is 0.955. The van der Waals surface area contributed by atoms with Crippen molar-refractivity contribution in [2.24, 2.45) is 0 Å². The Balaban J connectivity index is 1.61. The molecule has 0 N–H and O–H groups in total. The molecule has 0 amide bonds. The van der Waals surface area contributed by atoms with Crippen LogP contribution in [0.2, 0.25) is 0 Å². The molecule has 0 saturated carbocycles. The van der Waals surface area contributed by atoms with Crippen molar-refractivity contribution in [2.75, 3.05) is 13.7 Å². The Kier molecular flexibility index (Phi) is 6.49. The summed E-state index contributed by atoms with van der Waals surface area (Å²) >= 11 is 0. The largest absolute Gasteiger partial charge is 0.493 e. The summed E-state index contributed by atoms with van der Waals surface area (Å²) in [7, 11) is -2.50. The smallest absolute Gasteiger partial charge is 0.296 e. The maximum Gasteiger partial charge on any atom is 0.296 e. The molecule has 0 bridgehead atoms. The van der Waals surface area contributed by atoms with Crippen molar-refractivity contribution in [1.29, 1.82) is 0 Å². The summed E-state index contributed by atoms with van der Waals surface area (Å²) < 4.78 is 33.9. The lowest BCUT2D eigenvalue weighted by molar-refractivity contribution is 0.295. The van der Waals surface area contributed by atoms with E-state index in [-0.39, 0.29) is 10.8 Å². The summed E-state index contributed by atoms with van der Waals surface area (Å²) in [5, 5.41) is 0. The first-order valence-corrected chi connectivity index (χ1v) is 10.5. The van der Waals surface area contributed by atoms with Crippen molar-refractivity contribution in [3.05, 3.63) is 95.6 Å². The number of ether oxygens (including phenoxy) is 1. The van der Waals surface area contributed by atoms with Crippen molar-refractivity contribution in [2.45, 2.75) is 24.2 Å². The van der Waals surface area contributed by atoms with Gasteiger partial charge in [-0.2, -0.15) is 8.42 Å². The Morgan fingerprint density at radius 2 is 1.54 bits per heavy atom. The Labute approximate surface area is 166 Å². The summed E-state index contributed by atoms with van der Waals surface area (Å²) in [6.45, 7) is 2.55. The summed E-state index contributed by atoms with van der Waals surface area (Å²) in [4.78, 5) is 0.153. The molecule has 0 aliphatic carbocycles. The topological polar surface area (TPSA) is 52.6 Å². The minimum absolute atomic E-state index is 0.122. The van der Waals surface area contributed by atoms with Crippen molar-refractivity contribution in [1.82, 2.24) is 0 Å². The molecule has 3 aromatic rings. The van der Waals surface area contributed by atoms with Crippen molar-refractivity contribution in [3.8, 4) is 5.75 Å². The van der Waals surface area contributed by atoms with Crippen molar-refractivity contribution >= 4 is 10.1 Å². The molecule has 4 nitrogen and oxygen atoms in total. The molecule has 0 aliphatic heterocycles. The van der Waals surface area contributed by atoms with Gasteiger partial charge in [-0.3, -0.25) is 4.18 Å². The van der Waals surface area contributed by atoms with Crippen LogP contribution in [0.1, 0.15) is 29.5 Å². The monoisotopic (exact) mass is 396 g/mol. The molecule has 0 aromatic heterocycles. The first kappa shape index (κ1) is 20.1. The number of rotatable bonds is 8. The van der Waals surface area contributed by atoms with Crippen LogP contribution in [-0.2, 0) is 20.7 Å². The molecule has 0 fully saturated rings. The highest BCUT2D eigenvalue weighted by Crippen LogP contribution is 2.22. The Morgan fingerprint density at radius 3 is 2.21 bits per heavy atom. The van der Waals surface area contributed by atoms with Gasteiger partial charge in [-0.15, -0.1) is 0 Å². The molecule has 0 spiro atoms. The van der Waals surface area contributed by atoms with E-state index >= 15 is 0 Å². The Morgan fingerprint density at radius 1 is 0.857 bits per heavy atom. The molecule has 28 heavy (non-hydrogen) atoms. The number of hydrogen-bond acceptors (Lipinski definition) is 4. The normalized spacial score (nSPS) is 12.5. The Bertz CT molecular complexity index is 996. The van der Waals surface area contributed by atoms with Gasteiger partial charge in [0.05, 0.1) is 18.6 Å². The van der Waals surface area contributed by atoms with Gasteiger partial charge in [0.2, 0.25) is 0 Å². The highest BCUT2D eigenvalue weighted by molar-refractivity contribution is 7.86. The van der Waals surface area contributed by atoms with Crippen LogP contribution in [0.3, 0.4) is 0 Å². The second-order valence-electron chi connectivity index (χ2n) is 6.71. The fourth-order valence-corrected chi connectivity index (χ4v) is 3.62.